The standard InChI is InChI=1S/C29H33ClFN7O5/c1-16(27(40)35-24(14-39)17-8-19(31)11-22(9-17)43-3)37-15-33-38-13-18(10-25(38)28(37)41)26-23(30)12-32-29(36-26)34-20-4-6-21(42-2)7-5-20/h8-13,15-16,20-21,24,39H,4-7,14H2,1-3H3,(H,35,40)(H,32,34,36)/t16-,20-,21-,24+/m0/s1. The Labute approximate surface area is 251 Å². The Bertz CT molecular complexity index is 1670. The average molecular weight is 614 g/mol. The van der Waals surface area contributed by atoms with E-state index in [4.69, 9.17) is 21.1 Å². The summed E-state index contributed by atoms with van der Waals surface area (Å²) in [4.78, 5) is 35.5. The van der Waals surface area contributed by atoms with E-state index in [0.717, 1.165) is 25.7 Å². The summed E-state index contributed by atoms with van der Waals surface area (Å²) in [6, 6.07) is 3.79. The van der Waals surface area contributed by atoms with Crippen molar-refractivity contribution in [2.24, 2.45) is 0 Å². The molecule has 1 aromatic carbocycles. The number of benzene rings is 1. The predicted octanol–water partition coefficient (Wildman–Crippen LogP) is 3.53. The summed E-state index contributed by atoms with van der Waals surface area (Å²) >= 11 is 6.46. The Morgan fingerprint density at radius 2 is 1.98 bits per heavy atom. The smallest absolute Gasteiger partial charge is 0.278 e. The topological polar surface area (TPSA) is 145 Å². The van der Waals surface area contributed by atoms with E-state index in [1.54, 1.807) is 19.4 Å². The molecule has 0 bridgehead atoms. The Kier molecular flexibility index (Phi) is 9.23. The lowest BCUT2D eigenvalue weighted by molar-refractivity contribution is -0.125. The summed E-state index contributed by atoms with van der Waals surface area (Å²) in [5.74, 6) is -0.477. The first-order chi connectivity index (χ1) is 20.7. The number of hydrogen-bond acceptors (Lipinski definition) is 9. The van der Waals surface area contributed by atoms with Crippen LogP contribution in [0, 0.1) is 5.82 Å². The van der Waals surface area contributed by atoms with Gasteiger partial charge in [0, 0.05) is 31.0 Å². The van der Waals surface area contributed by atoms with Gasteiger partial charge in [0.05, 0.1) is 42.8 Å². The fourth-order valence-corrected chi connectivity index (χ4v) is 5.43. The van der Waals surface area contributed by atoms with Crippen LogP contribution in [0.25, 0.3) is 16.8 Å². The number of aromatic nitrogens is 5. The van der Waals surface area contributed by atoms with Crippen LogP contribution in [0.5, 0.6) is 5.75 Å². The molecule has 1 fully saturated rings. The first-order valence-electron chi connectivity index (χ1n) is 13.9. The Balaban J connectivity index is 1.36. The quantitative estimate of drug-likeness (QED) is 0.244. The Hall–Kier alpha value is -4.07. The Morgan fingerprint density at radius 3 is 2.67 bits per heavy atom. The molecule has 12 nitrogen and oxygen atoms in total. The summed E-state index contributed by atoms with van der Waals surface area (Å²) in [7, 11) is 3.12. The van der Waals surface area contributed by atoms with Crippen LogP contribution in [0.1, 0.15) is 50.3 Å². The normalized spacial score (nSPS) is 18.3. The van der Waals surface area contributed by atoms with Gasteiger partial charge in [0.2, 0.25) is 11.9 Å². The number of aliphatic hydroxyl groups is 1. The number of carbonyl (C=O) groups is 1. The van der Waals surface area contributed by atoms with Gasteiger partial charge in [-0.1, -0.05) is 11.6 Å². The van der Waals surface area contributed by atoms with E-state index in [1.165, 1.54) is 53.8 Å². The Morgan fingerprint density at radius 1 is 1.21 bits per heavy atom. The number of nitrogens with zero attached hydrogens (tertiary/aromatic N) is 5. The van der Waals surface area contributed by atoms with E-state index < -0.39 is 36.0 Å². The van der Waals surface area contributed by atoms with Crippen molar-refractivity contribution in [1.82, 2.24) is 29.5 Å². The SMILES string of the molecule is COc1cc(F)cc([C@@H](CO)NC(=O)[C@H](C)n2cnn3cc(-c4nc(N[C@H]5CC[C@H](OC)CC5)ncc4Cl)cc3c2=O)c1. The lowest BCUT2D eigenvalue weighted by Gasteiger charge is -2.28. The zero-order chi connectivity index (χ0) is 30.7. The number of amides is 1. The van der Waals surface area contributed by atoms with Gasteiger partial charge >= 0.3 is 0 Å². The summed E-state index contributed by atoms with van der Waals surface area (Å²) in [6.07, 6.45) is 8.44. The molecule has 3 heterocycles. The molecule has 1 aliphatic rings. The number of anilines is 1. The number of carbonyl (C=O) groups excluding carboxylic acids is 1. The molecule has 4 aromatic rings. The van der Waals surface area contributed by atoms with Crippen LogP contribution in [-0.4, -0.2) is 68.1 Å². The second-order valence-corrected chi connectivity index (χ2v) is 10.9. The second kappa shape index (κ2) is 13.1. The third-order valence-corrected chi connectivity index (χ3v) is 8.02. The van der Waals surface area contributed by atoms with Crippen molar-refractivity contribution in [2.75, 3.05) is 26.1 Å². The van der Waals surface area contributed by atoms with Gasteiger partial charge in [-0.15, -0.1) is 0 Å². The molecule has 43 heavy (non-hydrogen) atoms. The van der Waals surface area contributed by atoms with Crippen LogP contribution in [-0.2, 0) is 9.53 Å². The number of rotatable bonds is 10. The van der Waals surface area contributed by atoms with Gasteiger partial charge in [-0.2, -0.15) is 5.10 Å². The van der Waals surface area contributed by atoms with E-state index in [2.05, 4.69) is 25.7 Å². The van der Waals surface area contributed by atoms with E-state index >= 15 is 0 Å². The number of nitrogens with one attached hydrogen (secondary N) is 2. The largest absolute Gasteiger partial charge is 0.497 e. The summed E-state index contributed by atoms with van der Waals surface area (Å²) in [5.41, 5.74) is 1.03. The van der Waals surface area contributed by atoms with Crippen molar-refractivity contribution in [3.8, 4) is 17.0 Å². The molecule has 0 spiro atoms. The summed E-state index contributed by atoms with van der Waals surface area (Å²) in [6.45, 7) is 1.03. The number of ether oxygens (including phenoxy) is 2. The summed E-state index contributed by atoms with van der Waals surface area (Å²) < 4.78 is 27.1. The van der Waals surface area contributed by atoms with Gasteiger partial charge in [-0.05, 0) is 56.4 Å². The lowest BCUT2D eigenvalue weighted by Crippen LogP contribution is -2.39. The van der Waals surface area contributed by atoms with Crippen molar-refractivity contribution in [3.63, 3.8) is 0 Å². The maximum atomic E-state index is 14.0. The number of hydrogen-bond donors (Lipinski definition) is 3. The van der Waals surface area contributed by atoms with E-state index in [1.807, 2.05) is 0 Å². The number of aliphatic hydroxyl groups excluding tert-OH is 1. The minimum absolute atomic E-state index is 0.202. The van der Waals surface area contributed by atoms with Gasteiger partial charge in [0.1, 0.15) is 29.5 Å². The number of halogens is 2. The predicted molar refractivity (Wildman–Crippen MR) is 158 cm³/mol. The first-order valence-corrected chi connectivity index (χ1v) is 14.3. The molecule has 228 valence electrons. The average Bonchev–Trinajstić information content (AvgIpc) is 3.45. The molecule has 2 atom stereocenters. The van der Waals surface area contributed by atoms with Gasteiger partial charge in [0.25, 0.3) is 5.56 Å². The van der Waals surface area contributed by atoms with Crippen molar-refractivity contribution in [2.45, 2.75) is 56.8 Å². The molecular weight excluding hydrogens is 581 g/mol. The van der Waals surface area contributed by atoms with Gasteiger partial charge in [-0.25, -0.2) is 18.9 Å². The minimum atomic E-state index is -1.00. The van der Waals surface area contributed by atoms with Crippen LogP contribution < -0.4 is 20.9 Å². The second-order valence-electron chi connectivity index (χ2n) is 10.5. The molecule has 0 saturated heterocycles. The molecular formula is C29H33ClFN7O5. The van der Waals surface area contributed by atoms with Gasteiger partial charge < -0.3 is 25.2 Å². The van der Waals surface area contributed by atoms with E-state index in [9.17, 15) is 19.1 Å². The molecule has 1 amide bonds. The molecule has 5 rings (SSSR count). The molecule has 0 radical (unpaired) electrons. The first kappa shape index (κ1) is 30.4. The molecule has 1 aliphatic carbocycles. The zero-order valence-electron chi connectivity index (χ0n) is 24.0. The fraction of sp³-hybridized carbons (Fsp3) is 0.414. The highest BCUT2D eigenvalue weighted by molar-refractivity contribution is 6.32. The highest BCUT2D eigenvalue weighted by atomic mass is 35.5. The highest BCUT2D eigenvalue weighted by Gasteiger charge is 2.24. The lowest BCUT2D eigenvalue weighted by atomic mass is 9.93. The maximum Gasteiger partial charge on any atom is 0.278 e. The fourth-order valence-electron chi connectivity index (χ4n) is 5.23. The minimum Gasteiger partial charge on any atom is -0.497 e. The van der Waals surface area contributed by atoms with Gasteiger partial charge in [0.15, 0.2) is 0 Å². The number of fused-ring (bicyclic) bond motifs is 1. The van der Waals surface area contributed by atoms with Crippen LogP contribution in [0.3, 0.4) is 0 Å². The van der Waals surface area contributed by atoms with Crippen molar-refractivity contribution < 1.29 is 23.8 Å². The number of methoxy groups -OCH3 is 2. The van der Waals surface area contributed by atoms with Crippen molar-refractivity contribution >= 4 is 29.0 Å². The van der Waals surface area contributed by atoms with Crippen LogP contribution in [0.15, 0.2) is 47.8 Å². The molecule has 0 aliphatic heterocycles. The monoisotopic (exact) mass is 613 g/mol. The van der Waals surface area contributed by atoms with E-state index in [-0.39, 0.29) is 23.4 Å². The third kappa shape index (κ3) is 6.63. The molecule has 1 saturated carbocycles. The van der Waals surface area contributed by atoms with Crippen molar-refractivity contribution in [3.05, 3.63) is 69.7 Å². The van der Waals surface area contributed by atoms with Crippen LogP contribution in [0.4, 0.5) is 10.3 Å². The third-order valence-electron chi connectivity index (χ3n) is 7.74. The van der Waals surface area contributed by atoms with E-state index in [0.29, 0.717) is 27.8 Å². The summed E-state index contributed by atoms with van der Waals surface area (Å²) in [5, 5.41) is 20.6. The molecule has 3 aromatic heterocycles. The zero-order valence-corrected chi connectivity index (χ0v) is 24.7. The molecule has 0 unspecified atom stereocenters. The van der Waals surface area contributed by atoms with Crippen LogP contribution in [0.2, 0.25) is 5.02 Å². The maximum absolute atomic E-state index is 14.0. The van der Waals surface area contributed by atoms with Crippen molar-refractivity contribution in [1.29, 1.82) is 0 Å². The van der Waals surface area contributed by atoms with Gasteiger partial charge in [-0.3, -0.25) is 14.2 Å². The highest BCUT2D eigenvalue weighted by Crippen LogP contribution is 2.29. The molecule has 14 heteroatoms. The molecule has 3 N–H and O–H groups in total. The van der Waals surface area contributed by atoms with Crippen LogP contribution >= 0.6 is 11.6 Å².